The van der Waals surface area contributed by atoms with E-state index in [0.29, 0.717) is 6.61 Å². The van der Waals surface area contributed by atoms with Crippen LogP contribution in [0.3, 0.4) is 0 Å². The monoisotopic (exact) mass is 257 g/mol. The number of ether oxygens (including phenoxy) is 1. The maximum Gasteiger partial charge on any atom is 0.325 e. The van der Waals surface area contributed by atoms with E-state index in [1.165, 1.54) is 11.5 Å². The summed E-state index contributed by atoms with van der Waals surface area (Å²) in [6, 6.07) is 0. The lowest BCUT2D eigenvalue weighted by molar-refractivity contribution is -0.141. The molecule has 0 radical (unpaired) electrons. The van der Waals surface area contributed by atoms with Crippen LogP contribution in [0.25, 0.3) is 0 Å². The van der Waals surface area contributed by atoms with Gasteiger partial charge in [0.25, 0.3) is 0 Å². The first-order chi connectivity index (χ1) is 8.21. The Hall–Kier alpha value is -1.17. The molecule has 0 atom stereocenters. The Labute approximate surface area is 106 Å². The minimum absolute atomic E-state index is 0.221. The van der Waals surface area contributed by atoms with Gasteiger partial charge < -0.3 is 9.64 Å². The lowest BCUT2D eigenvalue weighted by Gasteiger charge is -2.17. The molecule has 0 aliphatic rings. The highest BCUT2D eigenvalue weighted by molar-refractivity contribution is 7.09. The zero-order chi connectivity index (χ0) is 12.7. The quantitative estimate of drug-likeness (QED) is 0.698. The van der Waals surface area contributed by atoms with Crippen LogP contribution in [0, 0.1) is 0 Å². The van der Waals surface area contributed by atoms with Crippen LogP contribution in [0.5, 0.6) is 0 Å². The molecule has 0 fully saturated rings. The molecule has 1 heterocycles. The average Bonchev–Trinajstić information content (AvgIpc) is 2.75. The Morgan fingerprint density at radius 2 is 2.18 bits per heavy atom. The van der Waals surface area contributed by atoms with Crippen LogP contribution in [0.1, 0.15) is 33.0 Å². The van der Waals surface area contributed by atoms with Crippen LogP contribution in [-0.2, 0) is 16.0 Å². The normalized spacial score (nSPS) is 10.3. The van der Waals surface area contributed by atoms with Gasteiger partial charge in [-0.3, -0.25) is 4.79 Å². The average molecular weight is 257 g/mol. The van der Waals surface area contributed by atoms with Crippen molar-refractivity contribution in [1.29, 1.82) is 0 Å². The van der Waals surface area contributed by atoms with Gasteiger partial charge in [0.2, 0.25) is 5.13 Å². The molecule has 0 saturated carbocycles. The third-order valence-electron chi connectivity index (χ3n) is 2.21. The lowest BCUT2D eigenvalue weighted by atomic mass is 10.3. The maximum atomic E-state index is 11.4. The molecule has 0 spiro atoms. The van der Waals surface area contributed by atoms with Crippen molar-refractivity contribution in [3.05, 3.63) is 5.82 Å². The van der Waals surface area contributed by atoms with E-state index in [1.807, 2.05) is 11.8 Å². The predicted molar refractivity (Wildman–Crippen MR) is 68.4 cm³/mol. The van der Waals surface area contributed by atoms with Gasteiger partial charge in [0, 0.05) is 24.5 Å². The van der Waals surface area contributed by atoms with E-state index in [1.54, 1.807) is 6.92 Å². The molecule has 0 unspecified atom stereocenters. The van der Waals surface area contributed by atoms with Gasteiger partial charge in [-0.05, 0) is 20.3 Å². The van der Waals surface area contributed by atoms with Crippen molar-refractivity contribution in [3.8, 4) is 0 Å². The summed E-state index contributed by atoms with van der Waals surface area (Å²) >= 11 is 1.34. The number of likely N-dealkylation sites (N-methyl/N-ethyl adjacent to an activating group) is 1. The molecule has 1 aromatic heterocycles. The van der Waals surface area contributed by atoms with Crippen LogP contribution >= 0.6 is 11.5 Å². The second-order valence-electron chi connectivity index (χ2n) is 3.56. The molecule has 0 amide bonds. The minimum atomic E-state index is -0.221. The topological polar surface area (TPSA) is 55.3 Å². The van der Waals surface area contributed by atoms with Gasteiger partial charge in [0.15, 0.2) is 0 Å². The molecule has 17 heavy (non-hydrogen) atoms. The molecule has 0 saturated heterocycles. The lowest BCUT2D eigenvalue weighted by Crippen LogP contribution is -2.30. The number of carbonyl (C=O) groups excluding carboxylic acids is 1. The Kier molecular flexibility index (Phi) is 5.90. The van der Waals surface area contributed by atoms with Crippen molar-refractivity contribution in [2.45, 2.75) is 33.6 Å². The Bertz CT molecular complexity index is 354. The van der Waals surface area contributed by atoms with Crippen LogP contribution in [0.15, 0.2) is 0 Å². The highest BCUT2D eigenvalue weighted by atomic mass is 32.1. The highest BCUT2D eigenvalue weighted by Gasteiger charge is 2.14. The summed E-state index contributed by atoms with van der Waals surface area (Å²) in [7, 11) is 0. The number of aromatic nitrogens is 2. The van der Waals surface area contributed by atoms with Gasteiger partial charge in [-0.25, -0.2) is 4.98 Å². The van der Waals surface area contributed by atoms with Crippen molar-refractivity contribution in [2.24, 2.45) is 0 Å². The number of aryl methyl sites for hydroxylation is 1. The fourth-order valence-electron chi connectivity index (χ4n) is 1.38. The molecule has 0 aliphatic carbocycles. The molecule has 1 rings (SSSR count). The summed E-state index contributed by atoms with van der Waals surface area (Å²) in [4.78, 5) is 17.7. The zero-order valence-electron chi connectivity index (χ0n) is 10.6. The highest BCUT2D eigenvalue weighted by Crippen LogP contribution is 2.17. The zero-order valence-corrected chi connectivity index (χ0v) is 11.4. The summed E-state index contributed by atoms with van der Waals surface area (Å²) in [6.45, 7) is 7.26. The first-order valence-corrected chi connectivity index (χ1v) is 6.71. The number of hydrogen-bond acceptors (Lipinski definition) is 6. The van der Waals surface area contributed by atoms with Crippen LogP contribution < -0.4 is 4.90 Å². The van der Waals surface area contributed by atoms with Crippen molar-refractivity contribution in [2.75, 3.05) is 24.6 Å². The van der Waals surface area contributed by atoms with Crippen molar-refractivity contribution in [3.63, 3.8) is 0 Å². The third kappa shape index (κ3) is 4.30. The van der Waals surface area contributed by atoms with Crippen molar-refractivity contribution >= 4 is 22.6 Å². The van der Waals surface area contributed by atoms with Gasteiger partial charge in [0.05, 0.1) is 6.61 Å². The first-order valence-electron chi connectivity index (χ1n) is 5.94. The number of carbonyl (C=O) groups is 1. The molecular formula is C11H19N3O2S. The fraction of sp³-hybridized carbons (Fsp3) is 0.727. The van der Waals surface area contributed by atoms with Gasteiger partial charge in [-0.15, -0.1) is 0 Å². The van der Waals surface area contributed by atoms with E-state index in [4.69, 9.17) is 4.74 Å². The number of esters is 1. The summed E-state index contributed by atoms with van der Waals surface area (Å²) in [5, 5.41) is 0.795. The summed E-state index contributed by atoms with van der Waals surface area (Å²) in [5.41, 5.74) is 0. The van der Waals surface area contributed by atoms with Crippen LogP contribution in [0.4, 0.5) is 5.13 Å². The van der Waals surface area contributed by atoms with Gasteiger partial charge in [-0.2, -0.15) is 4.37 Å². The SMILES string of the molecule is CCCc1nsc(N(CC)CC(=O)OCC)n1. The van der Waals surface area contributed by atoms with Gasteiger partial charge >= 0.3 is 5.97 Å². The van der Waals surface area contributed by atoms with E-state index in [9.17, 15) is 4.79 Å². The number of rotatable bonds is 7. The van der Waals surface area contributed by atoms with Crippen molar-refractivity contribution in [1.82, 2.24) is 9.36 Å². The molecule has 0 bridgehead atoms. The standard InChI is InChI=1S/C11H19N3O2S/c1-4-7-9-12-11(17-13-9)14(5-2)8-10(15)16-6-3/h4-8H2,1-3H3. The Morgan fingerprint density at radius 1 is 1.41 bits per heavy atom. The van der Waals surface area contributed by atoms with Crippen LogP contribution in [-0.4, -0.2) is 35.0 Å². The maximum absolute atomic E-state index is 11.4. The number of nitrogens with zero attached hydrogens (tertiary/aromatic N) is 3. The molecule has 0 aromatic carbocycles. The van der Waals surface area contributed by atoms with Crippen molar-refractivity contribution < 1.29 is 9.53 Å². The molecular weight excluding hydrogens is 238 g/mol. The van der Waals surface area contributed by atoms with E-state index in [-0.39, 0.29) is 12.5 Å². The van der Waals surface area contributed by atoms with Gasteiger partial charge in [0.1, 0.15) is 12.4 Å². The number of anilines is 1. The minimum Gasteiger partial charge on any atom is -0.465 e. The fourth-order valence-corrected chi connectivity index (χ4v) is 2.15. The Balaban J connectivity index is 2.62. The summed E-state index contributed by atoms with van der Waals surface area (Å²) in [6.07, 6.45) is 1.91. The van der Waals surface area contributed by atoms with Crippen LogP contribution in [0.2, 0.25) is 0 Å². The molecule has 0 N–H and O–H groups in total. The number of hydrogen-bond donors (Lipinski definition) is 0. The second-order valence-corrected chi connectivity index (χ2v) is 4.29. The first kappa shape index (κ1) is 13.9. The third-order valence-corrected chi connectivity index (χ3v) is 3.02. The summed E-state index contributed by atoms with van der Waals surface area (Å²) < 4.78 is 9.19. The van der Waals surface area contributed by atoms with E-state index in [2.05, 4.69) is 16.3 Å². The van der Waals surface area contributed by atoms with E-state index >= 15 is 0 Å². The molecule has 1 aromatic rings. The smallest absolute Gasteiger partial charge is 0.325 e. The molecule has 6 heteroatoms. The van der Waals surface area contributed by atoms with Gasteiger partial charge in [-0.1, -0.05) is 6.92 Å². The molecule has 5 nitrogen and oxygen atoms in total. The predicted octanol–water partition coefficient (Wildman–Crippen LogP) is 1.88. The summed E-state index contributed by atoms with van der Waals surface area (Å²) in [5.74, 6) is 0.636. The molecule has 96 valence electrons. The Morgan fingerprint density at radius 3 is 2.76 bits per heavy atom. The van der Waals surface area contributed by atoms with E-state index < -0.39 is 0 Å². The molecule has 0 aliphatic heterocycles. The second kappa shape index (κ2) is 7.21. The van der Waals surface area contributed by atoms with E-state index in [0.717, 1.165) is 30.3 Å². The largest absolute Gasteiger partial charge is 0.465 e.